The number of nitrogens with one attached hydrogen (secondary N) is 1. The maximum absolute atomic E-state index is 12.5. The van der Waals surface area contributed by atoms with E-state index >= 15 is 0 Å². The van der Waals surface area contributed by atoms with E-state index in [9.17, 15) is 9.59 Å². The first-order chi connectivity index (χ1) is 13.6. The molecular weight excluding hydrogens is 358 g/mol. The van der Waals surface area contributed by atoms with Crippen LogP contribution in [0.5, 0.6) is 11.5 Å². The molecule has 2 amide bonds. The summed E-state index contributed by atoms with van der Waals surface area (Å²) in [4.78, 5) is 30.8. The minimum absolute atomic E-state index is 0.0648. The molecule has 1 saturated heterocycles. The number of pyridine rings is 1. The van der Waals surface area contributed by atoms with Crippen molar-refractivity contribution in [1.82, 2.24) is 15.2 Å². The molecule has 0 spiro atoms. The molecule has 1 aliphatic heterocycles. The number of rotatable bonds is 7. The molecule has 0 radical (unpaired) electrons. The summed E-state index contributed by atoms with van der Waals surface area (Å²) in [5.41, 5.74) is 1.86. The fourth-order valence-electron chi connectivity index (χ4n) is 3.24. The number of ether oxygens (including phenoxy) is 2. The predicted molar refractivity (Wildman–Crippen MR) is 105 cm³/mol. The molecule has 148 valence electrons. The molecule has 2 aromatic rings. The summed E-state index contributed by atoms with van der Waals surface area (Å²) in [7, 11) is 3.18. The Balaban J connectivity index is 1.58. The van der Waals surface area contributed by atoms with Crippen LogP contribution in [-0.4, -0.2) is 55.6 Å². The second kappa shape index (κ2) is 9.21. The third-order valence-electron chi connectivity index (χ3n) is 4.79. The second-order valence-electron chi connectivity index (χ2n) is 6.66. The van der Waals surface area contributed by atoms with Gasteiger partial charge in [-0.25, -0.2) is 0 Å². The van der Waals surface area contributed by atoms with Crippen LogP contribution in [-0.2, 0) is 6.42 Å². The van der Waals surface area contributed by atoms with Gasteiger partial charge in [0, 0.05) is 32.0 Å². The number of nitrogens with zero attached hydrogens (tertiary/aromatic N) is 2. The van der Waals surface area contributed by atoms with Gasteiger partial charge in [-0.15, -0.1) is 0 Å². The lowest BCUT2D eigenvalue weighted by atomic mass is 10.1. The van der Waals surface area contributed by atoms with E-state index in [1.54, 1.807) is 25.2 Å². The molecular formula is C21H25N3O4. The Morgan fingerprint density at radius 3 is 2.46 bits per heavy atom. The maximum atomic E-state index is 12.5. The summed E-state index contributed by atoms with van der Waals surface area (Å²) in [6.07, 6.45) is 5.68. The first-order valence-corrected chi connectivity index (χ1v) is 9.36. The van der Waals surface area contributed by atoms with E-state index < -0.39 is 0 Å². The van der Waals surface area contributed by atoms with Crippen molar-refractivity contribution in [1.29, 1.82) is 0 Å². The summed E-state index contributed by atoms with van der Waals surface area (Å²) in [6, 6.07) is 7.28. The van der Waals surface area contributed by atoms with Gasteiger partial charge in [-0.1, -0.05) is 6.07 Å². The fourth-order valence-corrected chi connectivity index (χ4v) is 3.24. The van der Waals surface area contributed by atoms with Crippen LogP contribution >= 0.6 is 0 Å². The van der Waals surface area contributed by atoms with Gasteiger partial charge in [-0.05, 0) is 43.0 Å². The summed E-state index contributed by atoms with van der Waals surface area (Å²) in [5.74, 6) is 1.01. The van der Waals surface area contributed by atoms with E-state index in [-0.39, 0.29) is 11.8 Å². The average Bonchev–Trinajstić information content (AvgIpc) is 3.28. The van der Waals surface area contributed by atoms with E-state index in [0.717, 1.165) is 31.5 Å². The van der Waals surface area contributed by atoms with Gasteiger partial charge in [0.05, 0.1) is 25.3 Å². The van der Waals surface area contributed by atoms with Crippen LogP contribution in [0.15, 0.2) is 36.7 Å². The molecule has 1 aromatic heterocycles. The van der Waals surface area contributed by atoms with Crippen LogP contribution in [0.2, 0.25) is 0 Å². The van der Waals surface area contributed by atoms with E-state index in [2.05, 4.69) is 10.3 Å². The Morgan fingerprint density at radius 1 is 1.04 bits per heavy atom. The highest BCUT2D eigenvalue weighted by molar-refractivity contribution is 5.99. The number of amides is 2. The monoisotopic (exact) mass is 383 g/mol. The van der Waals surface area contributed by atoms with Crippen molar-refractivity contribution in [2.24, 2.45) is 0 Å². The molecule has 0 saturated carbocycles. The highest BCUT2D eigenvalue weighted by Gasteiger charge is 2.20. The Hall–Kier alpha value is -3.09. The SMILES string of the molecule is COc1ccc(CCNC(=O)c2cncc(C(=O)N3CCCC3)c2)cc1OC. The molecule has 1 aliphatic rings. The Kier molecular flexibility index (Phi) is 6.47. The topological polar surface area (TPSA) is 80.8 Å². The Bertz CT molecular complexity index is 847. The van der Waals surface area contributed by atoms with Crippen LogP contribution < -0.4 is 14.8 Å². The van der Waals surface area contributed by atoms with Gasteiger partial charge >= 0.3 is 0 Å². The standard InChI is InChI=1S/C21H25N3O4/c1-27-18-6-5-15(11-19(18)28-2)7-8-23-20(25)16-12-17(14-22-13-16)21(26)24-9-3-4-10-24/h5-6,11-14H,3-4,7-10H2,1-2H3,(H,23,25). The molecule has 3 rings (SSSR count). The van der Waals surface area contributed by atoms with Crippen LogP contribution in [0.4, 0.5) is 0 Å². The lowest BCUT2D eigenvalue weighted by molar-refractivity contribution is 0.0792. The zero-order valence-corrected chi connectivity index (χ0v) is 16.2. The van der Waals surface area contributed by atoms with Gasteiger partial charge in [-0.3, -0.25) is 14.6 Å². The van der Waals surface area contributed by atoms with Gasteiger partial charge in [0.2, 0.25) is 0 Å². The van der Waals surface area contributed by atoms with Gasteiger partial charge in [0.15, 0.2) is 11.5 Å². The molecule has 2 heterocycles. The summed E-state index contributed by atoms with van der Waals surface area (Å²) >= 11 is 0. The molecule has 7 nitrogen and oxygen atoms in total. The number of methoxy groups -OCH3 is 2. The quantitative estimate of drug-likeness (QED) is 0.794. The molecule has 0 atom stereocenters. The third-order valence-corrected chi connectivity index (χ3v) is 4.79. The number of likely N-dealkylation sites (tertiary alicyclic amines) is 1. The van der Waals surface area contributed by atoms with Crippen LogP contribution in [0.1, 0.15) is 39.1 Å². The highest BCUT2D eigenvalue weighted by Crippen LogP contribution is 2.27. The van der Waals surface area contributed by atoms with Crippen LogP contribution in [0.25, 0.3) is 0 Å². The normalized spacial score (nSPS) is 13.3. The van der Waals surface area contributed by atoms with E-state index in [1.807, 2.05) is 18.2 Å². The molecule has 1 aromatic carbocycles. The average molecular weight is 383 g/mol. The number of aromatic nitrogens is 1. The lowest BCUT2D eigenvalue weighted by Crippen LogP contribution is -2.29. The molecule has 0 aliphatic carbocycles. The fraction of sp³-hybridized carbons (Fsp3) is 0.381. The minimum Gasteiger partial charge on any atom is -0.493 e. The molecule has 7 heteroatoms. The number of hydrogen-bond donors (Lipinski definition) is 1. The molecule has 1 fully saturated rings. The second-order valence-corrected chi connectivity index (χ2v) is 6.66. The van der Waals surface area contributed by atoms with Gasteiger partial charge < -0.3 is 19.7 Å². The number of benzene rings is 1. The van der Waals surface area contributed by atoms with Crippen molar-refractivity contribution >= 4 is 11.8 Å². The summed E-state index contributed by atoms with van der Waals surface area (Å²) < 4.78 is 10.5. The van der Waals surface area contributed by atoms with Crippen molar-refractivity contribution in [3.05, 3.63) is 53.3 Å². The van der Waals surface area contributed by atoms with Crippen molar-refractivity contribution < 1.29 is 19.1 Å². The van der Waals surface area contributed by atoms with Gasteiger partial charge in [0.1, 0.15) is 0 Å². The number of hydrogen-bond acceptors (Lipinski definition) is 5. The van der Waals surface area contributed by atoms with Crippen LogP contribution in [0, 0.1) is 0 Å². The highest BCUT2D eigenvalue weighted by atomic mass is 16.5. The van der Waals surface area contributed by atoms with E-state index in [4.69, 9.17) is 9.47 Å². The summed E-state index contributed by atoms with van der Waals surface area (Å²) in [5, 5.41) is 2.87. The van der Waals surface area contributed by atoms with E-state index in [0.29, 0.717) is 35.6 Å². The molecule has 28 heavy (non-hydrogen) atoms. The first kappa shape index (κ1) is 19.7. The first-order valence-electron chi connectivity index (χ1n) is 9.36. The number of carbonyl (C=O) groups excluding carboxylic acids is 2. The third kappa shape index (κ3) is 4.60. The van der Waals surface area contributed by atoms with E-state index in [1.165, 1.54) is 12.4 Å². The predicted octanol–water partition coefficient (Wildman–Crippen LogP) is 2.31. The van der Waals surface area contributed by atoms with Crippen molar-refractivity contribution in [2.45, 2.75) is 19.3 Å². The molecule has 0 bridgehead atoms. The Labute approximate surface area is 164 Å². The number of carbonyl (C=O) groups is 2. The maximum Gasteiger partial charge on any atom is 0.255 e. The minimum atomic E-state index is -0.246. The lowest BCUT2D eigenvalue weighted by Gasteiger charge is -2.15. The van der Waals surface area contributed by atoms with Crippen LogP contribution in [0.3, 0.4) is 0 Å². The molecule has 0 unspecified atom stereocenters. The smallest absolute Gasteiger partial charge is 0.255 e. The van der Waals surface area contributed by atoms with Gasteiger partial charge in [-0.2, -0.15) is 0 Å². The van der Waals surface area contributed by atoms with Crippen molar-refractivity contribution in [3.63, 3.8) is 0 Å². The van der Waals surface area contributed by atoms with Gasteiger partial charge in [0.25, 0.3) is 11.8 Å². The zero-order chi connectivity index (χ0) is 19.9. The summed E-state index contributed by atoms with van der Waals surface area (Å²) in [6.45, 7) is 1.99. The van der Waals surface area contributed by atoms with Crippen molar-refractivity contribution in [3.8, 4) is 11.5 Å². The molecule has 1 N–H and O–H groups in total. The Morgan fingerprint density at radius 2 is 1.75 bits per heavy atom. The largest absolute Gasteiger partial charge is 0.493 e. The zero-order valence-electron chi connectivity index (χ0n) is 16.2. The van der Waals surface area contributed by atoms with Crippen molar-refractivity contribution in [2.75, 3.05) is 33.9 Å².